The SMILES string of the molecule is CC(O)CCNc1ccc(C(N)=O)cc1N. The second-order valence-corrected chi connectivity index (χ2v) is 3.73. The van der Waals surface area contributed by atoms with Crippen molar-refractivity contribution < 1.29 is 9.90 Å². The zero-order valence-corrected chi connectivity index (χ0v) is 9.23. The number of anilines is 2. The molecule has 0 aliphatic carbocycles. The Kier molecular flexibility index (Phi) is 4.13. The Morgan fingerprint density at radius 1 is 1.56 bits per heavy atom. The molecular weight excluding hydrogens is 206 g/mol. The van der Waals surface area contributed by atoms with Crippen molar-refractivity contribution in [2.24, 2.45) is 5.73 Å². The first-order valence-corrected chi connectivity index (χ1v) is 5.12. The smallest absolute Gasteiger partial charge is 0.248 e. The Balaban J connectivity index is 2.64. The number of nitrogen functional groups attached to an aromatic ring is 1. The maximum atomic E-state index is 10.9. The molecule has 1 unspecified atom stereocenters. The Labute approximate surface area is 94.4 Å². The van der Waals surface area contributed by atoms with Crippen molar-refractivity contribution in [3.05, 3.63) is 23.8 Å². The molecule has 88 valence electrons. The number of nitrogens with one attached hydrogen (secondary N) is 1. The van der Waals surface area contributed by atoms with Gasteiger partial charge in [-0.3, -0.25) is 4.79 Å². The minimum Gasteiger partial charge on any atom is -0.397 e. The van der Waals surface area contributed by atoms with E-state index in [1.54, 1.807) is 19.1 Å². The second kappa shape index (κ2) is 5.37. The molecule has 16 heavy (non-hydrogen) atoms. The predicted octanol–water partition coefficient (Wildman–Crippen LogP) is 0.550. The van der Waals surface area contributed by atoms with E-state index in [1.807, 2.05) is 0 Å². The molecule has 1 rings (SSSR count). The molecule has 0 saturated carbocycles. The van der Waals surface area contributed by atoms with Crippen LogP contribution in [0.15, 0.2) is 18.2 Å². The van der Waals surface area contributed by atoms with Crippen molar-refractivity contribution in [3.8, 4) is 0 Å². The molecule has 1 amide bonds. The summed E-state index contributed by atoms with van der Waals surface area (Å²) in [4.78, 5) is 10.9. The molecule has 0 spiro atoms. The number of hydrogen-bond acceptors (Lipinski definition) is 4. The van der Waals surface area contributed by atoms with E-state index >= 15 is 0 Å². The fraction of sp³-hybridized carbons (Fsp3) is 0.364. The van der Waals surface area contributed by atoms with Gasteiger partial charge in [-0.15, -0.1) is 0 Å². The zero-order chi connectivity index (χ0) is 12.1. The van der Waals surface area contributed by atoms with Crippen molar-refractivity contribution >= 4 is 17.3 Å². The zero-order valence-electron chi connectivity index (χ0n) is 9.23. The van der Waals surface area contributed by atoms with Crippen LogP contribution in [0.2, 0.25) is 0 Å². The van der Waals surface area contributed by atoms with Crippen LogP contribution in [-0.4, -0.2) is 23.7 Å². The largest absolute Gasteiger partial charge is 0.397 e. The van der Waals surface area contributed by atoms with Crippen molar-refractivity contribution in [1.29, 1.82) is 0 Å². The summed E-state index contributed by atoms with van der Waals surface area (Å²) >= 11 is 0. The molecule has 0 fully saturated rings. The molecule has 1 aromatic carbocycles. The van der Waals surface area contributed by atoms with Crippen LogP contribution in [0.1, 0.15) is 23.7 Å². The van der Waals surface area contributed by atoms with Gasteiger partial charge in [-0.2, -0.15) is 0 Å². The third kappa shape index (κ3) is 3.43. The molecule has 0 aromatic heterocycles. The number of hydrogen-bond donors (Lipinski definition) is 4. The summed E-state index contributed by atoms with van der Waals surface area (Å²) in [6.45, 7) is 2.35. The van der Waals surface area contributed by atoms with Crippen LogP contribution in [-0.2, 0) is 0 Å². The number of amides is 1. The molecule has 0 aliphatic heterocycles. The number of rotatable bonds is 5. The highest BCUT2D eigenvalue weighted by Gasteiger charge is 2.04. The molecule has 0 bridgehead atoms. The third-order valence-corrected chi connectivity index (χ3v) is 2.21. The van der Waals surface area contributed by atoms with Crippen molar-refractivity contribution in [2.75, 3.05) is 17.6 Å². The standard InChI is InChI=1S/C11H17N3O2/c1-7(15)4-5-14-10-3-2-8(11(13)16)6-9(10)12/h2-3,6-7,14-15H,4-5,12H2,1H3,(H2,13,16). The molecule has 0 saturated heterocycles. The predicted molar refractivity (Wildman–Crippen MR) is 64.2 cm³/mol. The quantitative estimate of drug-likeness (QED) is 0.547. The first kappa shape index (κ1) is 12.3. The first-order chi connectivity index (χ1) is 7.50. The molecule has 1 aromatic rings. The Hall–Kier alpha value is -1.75. The van der Waals surface area contributed by atoms with Gasteiger partial charge >= 0.3 is 0 Å². The number of primary amides is 1. The van der Waals surface area contributed by atoms with E-state index in [-0.39, 0.29) is 6.10 Å². The summed E-state index contributed by atoms with van der Waals surface area (Å²) in [7, 11) is 0. The van der Waals surface area contributed by atoms with Gasteiger partial charge in [0, 0.05) is 12.1 Å². The summed E-state index contributed by atoms with van der Waals surface area (Å²) < 4.78 is 0. The van der Waals surface area contributed by atoms with E-state index in [1.165, 1.54) is 6.07 Å². The molecule has 5 nitrogen and oxygen atoms in total. The van der Waals surface area contributed by atoms with Crippen molar-refractivity contribution in [1.82, 2.24) is 0 Å². The van der Waals surface area contributed by atoms with Crippen LogP contribution >= 0.6 is 0 Å². The Bertz CT molecular complexity index is 377. The maximum absolute atomic E-state index is 10.9. The van der Waals surface area contributed by atoms with Crippen molar-refractivity contribution in [3.63, 3.8) is 0 Å². The van der Waals surface area contributed by atoms with Gasteiger partial charge in [0.25, 0.3) is 0 Å². The number of benzene rings is 1. The van der Waals surface area contributed by atoms with Crippen LogP contribution in [0.4, 0.5) is 11.4 Å². The van der Waals surface area contributed by atoms with Gasteiger partial charge in [0.2, 0.25) is 5.91 Å². The Morgan fingerprint density at radius 3 is 2.75 bits per heavy atom. The minimum absolute atomic E-state index is 0.349. The first-order valence-electron chi connectivity index (χ1n) is 5.12. The topological polar surface area (TPSA) is 101 Å². The van der Waals surface area contributed by atoms with Gasteiger partial charge in [-0.25, -0.2) is 0 Å². The fourth-order valence-electron chi connectivity index (χ4n) is 1.29. The number of aliphatic hydroxyl groups is 1. The van der Waals surface area contributed by atoms with Crippen molar-refractivity contribution in [2.45, 2.75) is 19.4 Å². The molecular formula is C11H17N3O2. The third-order valence-electron chi connectivity index (χ3n) is 2.21. The maximum Gasteiger partial charge on any atom is 0.248 e. The van der Waals surface area contributed by atoms with Gasteiger partial charge in [0.05, 0.1) is 17.5 Å². The normalized spacial score (nSPS) is 12.1. The average Bonchev–Trinajstić information content (AvgIpc) is 2.19. The van der Waals surface area contributed by atoms with E-state index in [2.05, 4.69) is 5.32 Å². The lowest BCUT2D eigenvalue weighted by atomic mass is 10.1. The number of carbonyl (C=O) groups excluding carboxylic acids is 1. The van der Waals surface area contributed by atoms with Gasteiger partial charge < -0.3 is 21.9 Å². The van der Waals surface area contributed by atoms with E-state index in [0.717, 1.165) is 5.69 Å². The Morgan fingerprint density at radius 2 is 2.25 bits per heavy atom. The number of nitrogens with two attached hydrogens (primary N) is 2. The second-order valence-electron chi connectivity index (χ2n) is 3.73. The highest BCUT2D eigenvalue weighted by atomic mass is 16.3. The summed E-state index contributed by atoms with van der Waals surface area (Å²) in [5.41, 5.74) is 12.5. The van der Waals surface area contributed by atoms with E-state index in [4.69, 9.17) is 16.6 Å². The number of aliphatic hydroxyl groups excluding tert-OH is 1. The fourth-order valence-corrected chi connectivity index (χ4v) is 1.29. The molecule has 5 heteroatoms. The van der Waals surface area contributed by atoms with Crippen LogP contribution in [0.25, 0.3) is 0 Å². The molecule has 0 radical (unpaired) electrons. The van der Waals surface area contributed by atoms with Crippen LogP contribution in [0, 0.1) is 0 Å². The molecule has 1 atom stereocenters. The van der Waals surface area contributed by atoms with Gasteiger partial charge in [-0.05, 0) is 31.5 Å². The van der Waals surface area contributed by atoms with Crippen LogP contribution < -0.4 is 16.8 Å². The average molecular weight is 223 g/mol. The lowest BCUT2D eigenvalue weighted by Crippen LogP contribution is -2.13. The summed E-state index contributed by atoms with van der Waals surface area (Å²) in [5.74, 6) is -0.498. The lowest BCUT2D eigenvalue weighted by Gasteiger charge is -2.10. The van der Waals surface area contributed by atoms with E-state index in [9.17, 15) is 4.79 Å². The summed E-state index contributed by atoms with van der Waals surface area (Å²) in [5, 5.41) is 12.2. The highest BCUT2D eigenvalue weighted by molar-refractivity contribution is 5.94. The van der Waals surface area contributed by atoms with E-state index < -0.39 is 5.91 Å². The minimum atomic E-state index is -0.498. The molecule has 0 aliphatic rings. The van der Waals surface area contributed by atoms with Crippen LogP contribution in [0.3, 0.4) is 0 Å². The number of carbonyl (C=O) groups is 1. The highest BCUT2D eigenvalue weighted by Crippen LogP contribution is 2.19. The summed E-state index contributed by atoms with van der Waals surface area (Å²) in [6.07, 6.45) is 0.287. The monoisotopic (exact) mass is 223 g/mol. The van der Waals surface area contributed by atoms with Crippen LogP contribution in [0.5, 0.6) is 0 Å². The summed E-state index contributed by atoms with van der Waals surface area (Å²) in [6, 6.07) is 4.86. The van der Waals surface area contributed by atoms with Gasteiger partial charge in [-0.1, -0.05) is 0 Å². The molecule has 6 N–H and O–H groups in total. The molecule has 0 heterocycles. The van der Waals surface area contributed by atoms with E-state index in [0.29, 0.717) is 24.2 Å². The van der Waals surface area contributed by atoms with Gasteiger partial charge in [0.15, 0.2) is 0 Å². The van der Waals surface area contributed by atoms with Gasteiger partial charge in [0.1, 0.15) is 0 Å². The lowest BCUT2D eigenvalue weighted by molar-refractivity contribution is 0.100.